The molecule has 0 spiro atoms. The average Bonchev–Trinajstić information content (AvgIpc) is 2.61. The molecule has 0 bridgehead atoms. The Hall–Kier alpha value is -2.36. The molecule has 0 saturated heterocycles. The van der Waals surface area contributed by atoms with Crippen LogP contribution in [0.2, 0.25) is 0 Å². The zero-order valence-corrected chi connectivity index (χ0v) is 13.7. The second kappa shape index (κ2) is 9.62. The Morgan fingerprint density at radius 1 is 1.04 bits per heavy atom. The van der Waals surface area contributed by atoms with Crippen LogP contribution in [0.25, 0.3) is 0 Å². The van der Waals surface area contributed by atoms with E-state index in [0.29, 0.717) is 6.54 Å². The number of carbonyl (C=O) groups is 1. The fourth-order valence-corrected chi connectivity index (χ4v) is 2.46. The minimum atomic E-state index is -0.243. The molecule has 0 aliphatic heterocycles. The van der Waals surface area contributed by atoms with Crippen LogP contribution in [0.3, 0.4) is 0 Å². The molecule has 2 aromatic rings. The van der Waals surface area contributed by atoms with Gasteiger partial charge >= 0.3 is 6.03 Å². The number of hydrogen-bond donors (Lipinski definition) is 2. The van der Waals surface area contributed by atoms with Gasteiger partial charge in [0.05, 0.1) is 11.7 Å². The Morgan fingerprint density at radius 2 is 1.83 bits per heavy atom. The van der Waals surface area contributed by atoms with E-state index in [2.05, 4.69) is 22.5 Å². The molecule has 2 N–H and O–H groups in total. The van der Waals surface area contributed by atoms with Crippen LogP contribution in [0, 0.1) is 0 Å². The molecule has 1 heterocycles. The van der Waals surface area contributed by atoms with Gasteiger partial charge in [0, 0.05) is 12.7 Å². The number of unbranched alkanes of at least 4 members (excludes halogenated alkanes) is 3. The summed E-state index contributed by atoms with van der Waals surface area (Å²) in [7, 11) is 0. The van der Waals surface area contributed by atoms with Gasteiger partial charge in [-0.2, -0.15) is 0 Å². The molecule has 1 aromatic carbocycles. The van der Waals surface area contributed by atoms with E-state index in [1.54, 1.807) is 6.20 Å². The molecule has 0 radical (unpaired) electrons. The Bertz CT molecular complexity index is 532. The molecular weight excluding hydrogens is 286 g/mol. The summed E-state index contributed by atoms with van der Waals surface area (Å²) in [6.07, 6.45) is 6.32. The molecule has 23 heavy (non-hydrogen) atoms. The normalized spacial score (nSPS) is 11.7. The highest BCUT2D eigenvalue weighted by Crippen LogP contribution is 2.19. The number of carbonyl (C=O) groups excluding carboxylic acids is 1. The highest BCUT2D eigenvalue weighted by atomic mass is 16.2. The van der Waals surface area contributed by atoms with Gasteiger partial charge < -0.3 is 10.6 Å². The zero-order valence-electron chi connectivity index (χ0n) is 13.7. The van der Waals surface area contributed by atoms with E-state index in [4.69, 9.17) is 0 Å². The van der Waals surface area contributed by atoms with E-state index in [-0.39, 0.29) is 12.1 Å². The first-order valence-electron chi connectivity index (χ1n) is 8.31. The molecule has 4 heteroatoms. The van der Waals surface area contributed by atoms with Crippen molar-refractivity contribution in [3.05, 3.63) is 66.0 Å². The maximum atomic E-state index is 12.2. The second-order valence-electron chi connectivity index (χ2n) is 5.56. The van der Waals surface area contributed by atoms with E-state index in [0.717, 1.165) is 24.1 Å². The number of hydrogen-bond acceptors (Lipinski definition) is 2. The van der Waals surface area contributed by atoms with Crippen molar-refractivity contribution in [2.24, 2.45) is 0 Å². The third-order valence-electron chi connectivity index (χ3n) is 3.71. The first kappa shape index (κ1) is 17.0. The smallest absolute Gasteiger partial charge is 0.315 e. The zero-order chi connectivity index (χ0) is 16.3. The lowest BCUT2D eigenvalue weighted by Gasteiger charge is -2.19. The van der Waals surface area contributed by atoms with Gasteiger partial charge in [-0.25, -0.2) is 4.79 Å². The minimum absolute atomic E-state index is 0.152. The van der Waals surface area contributed by atoms with Gasteiger partial charge in [0.25, 0.3) is 0 Å². The lowest BCUT2D eigenvalue weighted by atomic mass is 10.0. The topological polar surface area (TPSA) is 54.0 Å². The van der Waals surface area contributed by atoms with Gasteiger partial charge in [-0.1, -0.05) is 62.6 Å². The maximum Gasteiger partial charge on any atom is 0.315 e. The molecule has 0 aliphatic carbocycles. The van der Waals surface area contributed by atoms with Gasteiger partial charge in [-0.15, -0.1) is 0 Å². The number of pyridine rings is 1. The van der Waals surface area contributed by atoms with Crippen molar-refractivity contribution in [1.82, 2.24) is 15.6 Å². The van der Waals surface area contributed by atoms with E-state index < -0.39 is 0 Å². The van der Waals surface area contributed by atoms with Crippen molar-refractivity contribution in [2.75, 3.05) is 6.54 Å². The first-order chi connectivity index (χ1) is 11.3. The Balaban J connectivity index is 1.97. The van der Waals surface area contributed by atoms with Crippen LogP contribution in [-0.4, -0.2) is 17.6 Å². The van der Waals surface area contributed by atoms with Crippen molar-refractivity contribution in [1.29, 1.82) is 0 Å². The number of amides is 2. The molecule has 0 saturated carbocycles. The van der Waals surface area contributed by atoms with Crippen LogP contribution in [0.15, 0.2) is 54.7 Å². The summed E-state index contributed by atoms with van der Waals surface area (Å²) >= 11 is 0. The van der Waals surface area contributed by atoms with E-state index in [1.807, 2.05) is 48.5 Å². The number of nitrogens with zero attached hydrogens (tertiary/aromatic N) is 1. The van der Waals surface area contributed by atoms with Crippen molar-refractivity contribution in [2.45, 2.75) is 38.6 Å². The predicted octanol–water partition coefficient (Wildman–Crippen LogP) is 4.05. The second-order valence-corrected chi connectivity index (χ2v) is 5.56. The summed E-state index contributed by atoms with van der Waals surface area (Å²) in [4.78, 5) is 16.6. The summed E-state index contributed by atoms with van der Waals surface area (Å²) < 4.78 is 0. The van der Waals surface area contributed by atoms with E-state index >= 15 is 0 Å². The van der Waals surface area contributed by atoms with Crippen LogP contribution in [0.5, 0.6) is 0 Å². The van der Waals surface area contributed by atoms with Crippen LogP contribution in [0.4, 0.5) is 4.79 Å². The standard InChI is InChI=1S/C19H25N3O/c1-2-3-4-9-15-21-19(23)22-18(16-11-6-5-7-12-16)17-13-8-10-14-20-17/h5-8,10-14,18H,2-4,9,15H2,1H3,(H2,21,22,23)/t18-/m0/s1. The molecule has 0 unspecified atom stereocenters. The Labute approximate surface area is 138 Å². The van der Waals surface area contributed by atoms with Gasteiger partial charge in [0.2, 0.25) is 0 Å². The Kier molecular flexibility index (Phi) is 7.11. The molecule has 4 nitrogen and oxygen atoms in total. The van der Waals surface area contributed by atoms with Gasteiger partial charge in [0.1, 0.15) is 0 Å². The van der Waals surface area contributed by atoms with Crippen molar-refractivity contribution < 1.29 is 4.79 Å². The highest BCUT2D eigenvalue weighted by Gasteiger charge is 2.17. The minimum Gasteiger partial charge on any atom is -0.338 e. The highest BCUT2D eigenvalue weighted by molar-refractivity contribution is 5.74. The number of nitrogens with one attached hydrogen (secondary N) is 2. The van der Waals surface area contributed by atoms with Crippen molar-refractivity contribution in [3.8, 4) is 0 Å². The van der Waals surface area contributed by atoms with Gasteiger partial charge in [-0.3, -0.25) is 4.98 Å². The molecule has 1 atom stereocenters. The van der Waals surface area contributed by atoms with Crippen LogP contribution < -0.4 is 10.6 Å². The molecule has 0 fully saturated rings. The summed E-state index contributed by atoms with van der Waals surface area (Å²) in [5.41, 5.74) is 1.85. The van der Waals surface area contributed by atoms with Gasteiger partial charge in [-0.05, 0) is 24.1 Å². The molecular formula is C19H25N3O. The maximum absolute atomic E-state index is 12.2. The van der Waals surface area contributed by atoms with Crippen LogP contribution in [-0.2, 0) is 0 Å². The van der Waals surface area contributed by atoms with E-state index in [1.165, 1.54) is 12.8 Å². The molecule has 2 amide bonds. The largest absolute Gasteiger partial charge is 0.338 e. The van der Waals surface area contributed by atoms with Crippen molar-refractivity contribution >= 4 is 6.03 Å². The summed E-state index contributed by atoms with van der Waals surface area (Å²) in [5, 5.41) is 5.96. The lowest BCUT2D eigenvalue weighted by Crippen LogP contribution is -2.39. The fourth-order valence-electron chi connectivity index (χ4n) is 2.46. The first-order valence-corrected chi connectivity index (χ1v) is 8.31. The number of urea groups is 1. The molecule has 2 rings (SSSR count). The fraction of sp³-hybridized carbons (Fsp3) is 0.368. The van der Waals surface area contributed by atoms with Crippen LogP contribution >= 0.6 is 0 Å². The predicted molar refractivity (Wildman–Crippen MR) is 93.2 cm³/mol. The molecule has 0 aliphatic rings. The number of aromatic nitrogens is 1. The van der Waals surface area contributed by atoms with Crippen LogP contribution in [0.1, 0.15) is 49.9 Å². The van der Waals surface area contributed by atoms with E-state index in [9.17, 15) is 4.79 Å². The molecule has 1 aromatic heterocycles. The number of benzene rings is 1. The molecule has 122 valence electrons. The SMILES string of the molecule is CCCCCCNC(=O)N[C@@H](c1ccccc1)c1ccccn1. The summed E-state index contributed by atoms with van der Waals surface area (Å²) in [6.45, 7) is 2.88. The average molecular weight is 311 g/mol. The van der Waals surface area contributed by atoms with Gasteiger partial charge in [0.15, 0.2) is 0 Å². The van der Waals surface area contributed by atoms with Crippen molar-refractivity contribution in [3.63, 3.8) is 0 Å². The monoisotopic (exact) mass is 311 g/mol. The third-order valence-corrected chi connectivity index (χ3v) is 3.71. The Morgan fingerprint density at radius 3 is 2.52 bits per heavy atom. The quantitative estimate of drug-likeness (QED) is 0.723. The summed E-state index contributed by atoms with van der Waals surface area (Å²) in [5.74, 6) is 0. The third kappa shape index (κ3) is 5.74. The lowest BCUT2D eigenvalue weighted by molar-refractivity contribution is 0.238. The summed E-state index contributed by atoms with van der Waals surface area (Å²) in [6, 6.07) is 15.2. The number of rotatable bonds is 8.